The van der Waals surface area contributed by atoms with Gasteiger partial charge in [-0.3, -0.25) is 4.79 Å². The first-order valence-corrected chi connectivity index (χ1v) is 7.59. The van der Waals surface area contributed by atoms with Crippen molar-refractivity contribution in [2.45, 2.75) is 32.4 Å². The summed E-state index contributed by atoms with van der Waals surface area (Å²) in [5.41, 5.74) is 7.79. The molecular formula is C15H19N3O2S. The second-order valence-electron chi connectivity index (χ2n) is 5.03. The SMILES string of the molecule is Cc1csc(C(C)NC(=O)[C@@H](N)Cc2ccc(O)cc2)n1. The lowest BCUT2D eigenvalue weighted by atomic mass is 10.1. The van der Waals surface area contributed by atoms with Crippen LogP contribution in [0.15, 0.2) is 29.6 Å². The van der Waals surface area contributed by atoms with Crippen LogP contribution in [0.25, 0.3) is 0 Å². The monoisotopic (exact) mass is 305 g/mol. The molecule has 0 aliphatic rings. The van der Waals surface area contributed by atoms with Gasteiger partial charge in [-0.1, -0.05) is 12.1 Å². The summed E-state index contributed by atoms with van der Waals surface area (Å²) in [4.78, 5) is 16.4. The van der Waals surface area contributed by atoms with E-state index in [1.165, 1.54) is 11.3 Å². The van der Waals surface area contributed by atoms with Crippen molar-refractivity contribution in [1.82, 2.24) is 10.3 Å². The number of hydrogen-bond acceptors (Lipinski definition) is 5. The van der Waals surface area contributed by atoms with E-state index in [2.05, 4.69) is 10.3 Å². The van der Waals surface area contributed by atoms with E-state index in [0.717, 1.165) is 16.3 Å². The molecule has 0 aliphatic carbocycles. The van der Waals surface area contributed by atoms with Crippen LogP contribution in [0.5, 0.6) is 5.75 Å². The number of aryl methyl sites for hydroxylation is 1. The first-order valence-electron chi connectivity index (χ1n) is 6.71. The highest BCUT2D eigenvalue weighted by molar-refractivity contribution is 7.09. The highest BCUT2D eigenvalue weighted by atomic mass is 32.1. The summed E-state index contributed by atoms with van der Waals surface area (Å²) >= 11 is 1.52. The van der Waals surface area contributed by atoms with Gasteiger partial charge in [0.15, 0.2) is 0 Å². The zero-order valence-electron chi connectivity index (χ0n) is 12.0. The summed E-state index contributed by atoms with van der Waals surface area (Å²) in [7, 11) is 0. The Morgan fingerprint density at radius 3 is 2.67 bits per heavy atom. The Balaban J connectivity index is 1.91. The van der Waals surface area contributed by atoms with Crippen LogP contribution in [0.3, 0.4) is 0 Å². The molecule has 0 saturated carbocycles. The summed E-state index contributed by atoms with van der Waals surface area (Å²) in [6.45, 7) is 3.81. The quantitative estimate of drug-likeness (QED) is 0.787. The second kappa shape index (κ2) is 6.69. The van der Waals surface area contributed by atoms with E-state index in [-0.39, 0.29) is 17.7 Å². The molecule has 6 heteroatoms. The number of thiazole rings is 1. The third-order valence-corrected chi connectivity index (χ3v) is 4.24. The third kappa shape index (κ3) is 4.27. The van der Waals surface area contributed by atoms with Gasteiger partial charge in [0.05, 0.1) is 12.1 Å². The summed E-state index contributed by atoms with van der Waals surface area (Å²) in [6.07, 6.45) is 0.426. The molecule has 2 aromatic rings. The molecule has 1 heterocycles. The van der Waals surface area contributed by atoms with Crippen LogP contribution in [-0.2, 0) is 11.2 Å². The zero-order valence-corrected chi connectivity index (χ0v) is 12.9. The molecule has 2 atom stereocenters. The Kier molecular flexibility index (Phi) is 4.93. The maximum atomic E-state index is 12.1. The van der Waals surface area contributed by atoms with E-state index in [1.807, 2.05) is 19.2 Å². The molecular weight excluding hydrogens is 286 g/mol. The molecule has 0 radical (unpaired) electrons. The minimum atomic E-state index is -0.627. The number of nitrogens with one attached hydrogen (secondary N) is 1. The van der Waals surface area contributed by atoms with Crippen molar-refractivity contribution in [3.63, 3.8) is 0 Å². The van der Waals surface area contributed by atoms with Gasteiger partial charge in [-0.15, -0.1) is 11.3 Å². The number of hydrogen-bond donors (Lipinski definition) is 3. The minimum Gasteiger partial charge on any atom is -0.508 e. The summed E-state index contributed by atoms with van der Waals surface area (Å²) in [6, 6.07) is 5.91. The molecule has 4 N–H and O–H groups in total. The van der Waals surface area contributed by atoms with Gasteiger partial charge >= 0.3 is 0 Å². The maximum Gasteiger partial charge on any atom is 0.237 e. The highest BCUT2D eigenvalue weighted by Crippen LogP contribution is 2.17. The number of phenols is 1. The molecule has 112 valence electrons. The number of carbonyl (C=O) groups is 1. The molecule has 2 rings (SSSR count). The summed E-state index contributed by atoms with van der Waals surface area (Å²) < 4.78 is 0. The molecule has 0 bridgehead atoms. The van der Waals surface area contributed by atoms with Crippen LogP contribution in [0.2, 0.25) is 0 Å². The molecule has 21 heavy (non-hydrogen) atoms. The number of aromatic nitrogens is 1. The number of nitrogens with two attached hydrogens (primary N) is 1. The fraction of sp³-hybridized carbons (Fsp3) is 0.333. The fourth-order valence-electron chi connectivity index (χ4n) is 1.93. The molecule has 5 nitrogen and oxygen atoms in total. The third-order valence-electron chi connectivity index (χ3n) is 3.09. The van der Waals surface area contributed by atoms with Crippen LogP contribution in [0.4, 0.5) is 0 Å². The Morgan fingerprint density at radius 2 is 2.10 bits per heavy atom. The highest BCUT2D eigenvalue weighted by Gasteiger charge is 2.18. The molecule has 0 fully saturated rings. The summed E-state index contributed by atoms with van der Waals surface area (Å²) in [5, 5.41) is 14.9. The Bertz CT molecular complexity index is 610. The molecule has 1 unspecified atom stereocenters. The minimum absolute atomic E-state index is 0.151. The van der Waals surface area contributed by atoms with Crippen molar-refractivity contribution >= 4 is 17.2 Å². The van der Waals surface area contributed by atoms with Gasteiger partial charge in [-0.2, -0.15) is 0 Å². The smallest absolute Gasteiger partial charge is 0.237 e. The van der Waals surface area contributed by atoms with Crippen LogP contribution in [0, 0.1) is 6.92 Å². The van der Waals surface area contributed by atoms with Crippen molar-refractivity contribution in [3.05, 3.63) is 45.9 Å². The molecule has 0 saturated heterocycles. The van der Waals surface area contributed by atoms with Crippen molar-refractivity contribution in [1.29, 1.82) is 0 Å². The Labute approximate surface area is 127 Å². The van der Waals surface area contributed by atoms with Crippen LogP contribution >= 0.6 is 11.3 Å². The van der Waals surface area contributed by atoms with Gasteiger partial charge in [0.2, 0.25) is 5.91 Å². The fourth-order valence-corrected chi connectivity index (χ4v) is 2.74. The zero-order chi connectivity index (χ0) is 15.4. The van der Waals surface area contributed by atoms with E-state index in [1.54, 1.807) is 24.3 Å². The number of benzene rings is 1. The molecule has 1 aromatic carbocycles. The first kappa shape index (κ1) is 15.5. The van der Waals surface area contributed by atoms with Gasteiger partial charge in [0, 0.05) is 11.1 Å². The van der Waals surface area contributed by atoms with Gasteiger partial charge in [-0.25, -0.2) is 4.98 Å². The van der Waals surface area contributed by atoms with Crippen LogP contribution in [0.1, 0.15) is 29.2 Å². The predicted molar refractivity (Wildman–Crippen MR) is 83.2 cm³/mol. The van der Waals surface area contributed by atoms with Gasteiger partial charge < -0.3 is 16.2 Å². The van der Waals surface area contributed by atoms with Gasteiger partial charge in [-0.05, 0) is 38.0 Å². The summed E-state index contributed by atoms with van der Waals surface area (Å²) in [5.74, 6) is -0.00652. The Morgan fingerprint density at radius 1 is 1.43 bits per heavy atom. The standard InChI is InChI=1S/C15H19N3O2S/c1-9-8-21-15(17-9)10(2)18-14(20)13(16)7-11-3-5-12(19)6-4-11/h3-6,8,10,13,19H,7,16H2,1-2H3,(H,18,20)/t10?,13-/m0/s1. The topological polar surface area (TPSA) is 88.2 Å². The lowest BCUT2D eigenvalue weighted by molar-refractivity contribution is -0.123. The number of phenolic OH excluding ortho intramolecular Hbond substituents is 1. The number of amides is 1. The largest absolute Gasteiger partial charge is 0.508 e. The predicted octanol–water partition coefficient (Wildman–Crippen LogP) is 1.90. The van der Waals surface area contributed by atoms with Crippen LogP contribution in [-0.4, -0.2) is 22.0 Å². The van der Waals surface area contributed by atoms with Gasteiger partial charge in [0.25, 0.3) is 0 Å². The number of nitrogens with zero attached hydrogens (tertiary/aromatic N) is 1. The van der Waals surface area contributed by atoms with Crippen LogP contribution < -0.4 is 11.1 Å². The lowest BCUT2D eigenvalue weighted by Gasteiger charge is -2.16. The normalized spacial score (nSPS) is 13.7. The maximum absolute atomic E-state index is 12.1. The number of rotatable bonds is 5. The molecule has 1 amide bonds. The average molecular weight is 305 g/mol. The first-order chi connectivity index (χ1) is 9.95. The molecule has 0 aliphatic heterocycles. The van der Waals surface area contributed by atoms with Crippen molar-refractivity contribution in [2.75, 3.05) is 0 Å². The van der Waals surface area contributed by atoms with E-state index in [9.17, 15) is 9.90 Å². The van der Waals surface area contributed by atoms with E-state index in [0.29, 0.717) is 6.42 Å². The number of carbonyl (C=O) groups excluding carboxylic acids is 1. The lowest BCUT2D eigenvalue weighted by Crippen LogP contribution is -2.42. The van der Waals surface area contributed by atoms with Crippen molar-refractivity contribution < 1.29 is 9.90 Å². The van der Waals surface area contributed by atoms with Gasteiger partial charge in [0.1, 0.15) is 10.8 Å². The Hall–Kier alpha value is -1.92. The number of aromatic hydroxyl groups is 1. The van der Waals surface area contributed by atoms with E-state index >= 15 is 0 Å². The molecule has 0 spiro atoms. The average Bonchev–Trinajstić information content (AvgIpc) is 2.88. The van der Waals surface area contributed by atoms with Crippen molar-refractivity contribution in [2.24, 2.45) is 5.73 Å². The van der Waals surface area contributed by atoms with E-state index in [4.69, 9.17) is 5.73 Å². The van der Waals surface area contributed by atoms with Crippen molar-refractivity contribution in [3.8, 4) is 5.75 Å². The van der Waals surface area contributed by atoms with E-state index < -0.39 is 6.04 Å². The second-order valence-corrected chi connectivity index (χ2v) is 5.92. The molecule has 1 aromatic heterocycles.